The molecule has 0 amide bonds. The molecule has 1 aliphatic rings. The van der Waals surface area contributed by atoms with Crippen LogP contribution >= 0.6 is 0 Å². The van der Waals surface area contributed by atoms with Crippen LogP contribution in [0.4, 0.5) is 0 Å². The van der Waals surface area contributed by atoms with Crippen LogP contribution in [0.15, 0.2) is 42.6 Å². The first-order chi connectivity index (χ1) is 9.75. The molecule has 1 aliphatic heterocycles. The van der Waals surface area contributed by atoms with Crippen molar-refractivity contribution in [2.24, 2.45) is 0 Å². The van der Waals surface area contributed by atoms with Crippen molar-refractivity contribution in [3.8, 4) is 6.07 Å². The molecule has 0 saturated carbocycles. The van der Waals surface area contributed by atoms with Crippen LogP contribution in [-0.4, -0.2) is 20.1 Å². The van der Waals surface area contributed by atoms with Gasteiger partial charge in [-0.05, 0) is 35.0 Å². The van der Waals surface area contributed by atoms with Crippen LogP contribution in [0.25, 0.3) is 5.47 Å². The van der Waals surface area contributed by atoms with Crippen LogP contribution in [0.5, 0.6) is 0 Å². The highest BCUT2D eigenvalue weighted by atomic mass is 28.3. The topological polar surface area (TPSA) is 27.0 Å². The van der Waals surface area contributed by atoms with Crippen molar-refractivity contribution in [2.75, 3.05) is 0 Å². The molecule has 107 valence electrons. The lowest BCUT2D eigenvalue weighted by atomic mass is 9.76. The van der Waals surface area contributed by atoms with E-state index in [2.05, 4.69) is 70.2 Å². The molecule has 1 aromatic rings. The number of nitrogens with zero attached hydrogens (tertiary/aromatic N) is 2. The first kappa shape index (κ1) is 15.7. The molecule has 2 nitrogen and oxygen atoms in total. The second-order valence-corrected chi connectivity index (χ2v) is 12.1. The smallest absolute Gasteiger partial charge is 0.276 e. The van der Waals surface area contributed by atoms with Gasteiger partial charge in [-0.2, -0.15) is 5.26 Å². The van der Waals surface area contributed by atoms with Crippen LogP contribution in [0, 0.1) is 11.3 Å². The summed E-state index contributed by atoms with van der Waals surface area (Å²) in [5.41, 5.74) is 3.06. The van der Waals surface area contributed by atoms with Gasteiger partial charge in [0.25, 0.3) is 7.41 Å². The van der Waals surface area contributed by atoms with E-state index >= 15 is 0 Å². The van der Waals surface area contributed by atoms with Crippen LogP contribution in [0.3, 0.4) is 0 Å². The SMILES string of the molecule is CC(C)(C)[Si](C)(C)N1[B]C(c2ccc(C#N)cc2)=CC=C1. The van der Waals surface area contributed by atoms with Crippen molar-refractivity contribution in [3.05, 3.63) is 53.7 Å². The Bertz CT molecular complexity index is 616. The van der Waals surface area contributed by atoms with Gasteiger partial charge in [0.15, 0.2) is 0 Å². The summed E-state index contributed by atoms with van der Waals surface area (Å²) in [6, 6.07) is 9.95. The molecule has 0 unspecified atom stereocenters. The number of allylic oxidation sites excluding steroid dienone is 2. The lowest BCUT2D eigenvalue weighted by molar-refractivity contribution is 0.658. The molecule has 0 saturated heterocycles. The van der Waals surface area contributed by atoms with Gasteiger partial charge in [0.05, 0.1) is 11.6 Å². The highest BCUT2D eigenvalue weighted by Crippen LogP contribution is 2.39. The highest BCUT2D eigenvalue weighted by molar-refractivity contribution is 6.86. The normalized spacial score (nSPS) is 15.2. The van der Waals surface area contributed by atoms with Crippen molar-refractivity contribution in [1.29, 1.82) is 5.26 Å². The molecule has 0 aliphatic carbocycles. The lowest BCUT2D eigenvalue weighted by Gasteiger charge is -2.47. The molecule has 21 heavy (non-hydrogen) atoms. The van der Waals surface area contributed by atoms with E-state index in [0.717, 1.165) is 5.56 Å². The Balaban J connectivity index is 2.24. The molecular formula is C17H22BN2Si. The zero-order valence-electron chi connectivity index (χ0n) is 13.5. The molecule has 1 aromatic carbocycles. The van der Waals surface area contributed by atoms with Gasteiger partial charge in [-0.3, -0.25) is 0 Å². The highest BCUT2D eigenvalue weighted by Gasteiger charge is 2.40. The summed E-state index contributed by atoms with van der Waals surface area (Å²) < 4.78 is 2.42. The van der Waals surface area contributed by atoms with Gasteiger partial charge in [-0.25, -0.2) is 0 Å². The van der Waals surface area contributed by atoms with Gasteiger partial charge in [0.1, 0.15) is 8.24 Å². The summed E-state index contributed by atoms with van der Waals surface area (Å²) in [5, 5.41) is 9.18. The average molecular weight is 293 g/mol. The average Bonchev–Trinajstić information content (AvgIpc) is 2.46. The predicted octanol–water partition coefficient (Wildman–Crippen LogP) is 4.35. The second-order valence-electron chi connectivity index (χ2n) is 7.00. The Hall–Kier alpha value is -1.73. The molecule has 0 fully saturated rings. The minimum absolute atomic E-state index is 0.293. The van der Waals surface area contributed by atoms with Crippen molar-refractivity contribution < 1.29 is 0 Å². The third-order valence-corrected chi connectivity index (χ3v) is 9.87. The van der Waals surface area contributed by atoms with E-state index in [1.807, 2.05) is 24.3 Å². The quantitative estimate of drug-likeness (QED) is 0.758. The zero-order valence-corrected chi connectivity index (χ0v) is 14.5. The summed E-state index contributed by atoms with van der Waals surface area (Å²) in [5.74, 6) is 0. The fourth-order valence-electron chi connectivity index (χ4n) is 2.12. The molecule has 1 heterocycles. The van der Waals surface area contributed by atoms with Crippen LogP contribution in [0.2, 0.25) is 18.1 Å². The van der Waals surface area contributed by atoms with Crippen LogP contribution in [0.1, 0.15) is 31.9 Å². The van der Waals surface area contributed by atoms with Crippen molar-refractivity contribution in [3.63, 3.8) is 0 Å². The molecule has 0 spiro atoms. The Labute approximate surface area is 130 Å². The van der Waals surface area contributed by atoms with Gasteiger partial charge < -0.3 is 4.48 Å². The van der Waals surface area contributed by atoms with E-state index in [0.29, 0.717) is 10.6 Å². The van der Waals surface area contributed by atoms with Gasteiger partial charge >= 0.3 is 0 Å². The molecule has 2 rings (SSSR count). The van der Waals surface area contributed by atoms with E-state index in [1.165, 1.54) is 5.47 Å². The van der Waals surface area contributed by atoms with Gasteiger partial charge in [-0.15, -0.1) is 0 Å². The fourth-order valence-corrected chi connectivity index (χ4v) is 3.81. The Morgan fingerprint density at radius 1 is 1.14 bits per heavy atom. The molecular weight excluding hydrogens is 271 g/mol. The largest absolute Gasteiger partial charge is 0.448 e. The minimum Gasteiger partial charge on any atom is -0.448 e. The Morgan fingerprint density at radius 2 is 1.76 bits per heavy atom. The molecule has 0 N–H and O–H groups in total. The molecule has 1 radical (unpaired) electrons. The van der Waals surface area contributed by atoms with E-state index in [9.17, 15) is 0 Å². The van der Waals surface area contributed by atoms with Gasteiger partial charge in [-0.1, -0.05) is 57.5 Å². The van der Waals surface area contributed by atoms with E-state index in [-0.39, 0.29) is 0 Å². The maximum absolute atomic E-state index is 8.89. The van der Waals surface area contributed by atoms with Gasteiger partial charge in [0, 0.05) is 0 Å². The third-order valence-electron chi connectivity index (χ3n) is 4.63. The van der Waals surface area contributed by atoms with Crippen LogP contribution < -0.4 is 0 Å². The Kier molecular flexibility index (Phi) is 4.16. The maximum Gasteiger partial charge on any atom is 0.276 e. The second kappa shape index (κ2) is 5.57. The maximum atomic E-state index is 8.89. The predicted molar refractivity (Wildman–Crippen MR) is 93.1 cm³/mol. The zero-order chi connectivity index (χ0) is 15.7. The number of benzene rings is 1. The number of hydrogen-bond donors (Lipinski definition) is 0. The van der Waals surface area contributed by atoms with Crippen molar-refractivity contribution >= 4 is 21.1 Å². The number of nitriles is 1. The molecule has 0 atom stereocenters. The van der Waals surface area contributed by atoms with Crippen molar-refractivity contribution in [2.45, 2.75) is 38.9 Å². The van der Waals surface area contributed by atoms with E-state index in [1.54, 1.807) is 0 Å². The van der Waals surface area contributed by atoms with E-state index < -0.39 is 8.24 Å². The fraction of sp³-hybridized carbons (Fsp3) is 0.353. The van der Waals surface area contributed by atoms with E-state index in [4.69, 9.17) is 5.26 Å². The summed E-state index contributed by atoms with van der Waals surface area (Å²) in [4.78, 5) is 0. The summed E-state index contributed by atoms with van der Waals surface area (Å²) in [6.07, 6.45) is 6.43. The standard InChI is InChI=1S/C17H22BN2Si/c1-17(2,3)21(4,5)20-12-6-7-16(18-20)15-10-8-14(13-19)9-11-15/h6-12H,1-5H3. The van der Waals surface area contributed by atoms with Crippen LogP contribution in [-0.2, 0) is 0 Å². The molecule has 0 aromatic heterocycles. The number of hydrogen-bond acceptors (Lipinski definition) is 2. The van der Waals surface area contributed by atoms with Crippen molar-refractivity contribution in [1.82, 2.24) is 4.48 Å². The molecule has 4 heteroatoms. The minimum atomic E-state index is -1.60. The first-order valence-corrected chi connectivity index (χ1v) is 10.2. The third kappa shape index (κ3) is 3.14. The first-order valence-electron chi connectivity index (χ1n) is 7.28. The van der Waals surface area contributed by atoms with Gasteiger partial charge in [0.2, 0.25) is 0 Å². The summed E-state index contributed by atoms with van der Waals surface area (Å²) in [6.45, 7) is 11.8. The molecule has 0 bridgehead atoms. The summed E-state index contributed by atoms with van der Waals surface area (Å²) >= 11 is 0. The Morgan fingerprint density at radius 3 is 2.29 bits per heavy atom. The lowest BCUT2D eigenvalue weighted by Crippen LogP contribution is -2.54. The monoisotopic (exact) mass is 293 g/mol. The summed E-state index contributed by atoms with van der Waals surface area (Å²) in [7, 11) is 0.650. The number of rotatable bonds is 2.